The molecule has 0 fully saturated rings. The molecule has 0 saturated carbocycles. The zero-order chi connectivity index (χ0) is 26.7. The van der Waals surface area contributed by atoms with Crippen molar-refractivity contribution in [1.82, 2.24) is 7.05 Å². The molecule has 41 heavy (non-hydrogen) atoms. The molecule has 0 N–H and O–H groups in total. The average molecular weight is 585 g/mol. The van der Waals surface area contributed by atoms with Crippen molar-refractivity contribution < 1.29 is 0 Å². The fourth-order valence-corrected chi connectivity index (χ4v) is 8.73. The number of hydrogen-bond donors (Lipinski definition) is 0. The van der Waals surface area contributed by atoms with Crippen LogP contribution in [0, 0.1) is 0 Å². The van der Waals surface area contributed by atoms with Gasteiger partial charge in [0.25, 0.3) is 0 Å². The summed E-state index contributed by atoms with van der Waals surface area (Å²) in [6.45, 7) is 0. The molecule has 8 nitrogen and oxygen atoms in total. The van der Waals surface area contributed by atoms with Crippen LogP contribution in [0.5, 0.6) is 0 Å². The first-order valence-corrected chi connectivity index (χ1v) is 15.2. The van der Waals surface area contributed by atoms with Crippen molar-refractivity contribution in [2.45, 2.75) is 0 Å². The zero-order valence-corrected chi connectivity index (χ0v) is 23.4. The molecule has 0 atom stereocenters. The van der Waals surface area contributed by atoms with Crippen molar-refractivity contribution in [2.75, 3.05) is 0 Å². The molecule has 6 bridgehead atoms. The van der Waals surface area contributed by atoms with E-state index in [-0.39, 0.29) is 0 Å². The van der Waals surface area contributed by atoms with E-state index in [2.05, 4.69) is 79.8 Å². The van der Waals surface area contributed by atoms with E-state index in [0.29, 0.717) is 23.3 Å². The van der Waals surface area contributed by atoms with Crippen molar-refractivity contribution in [3.8, 4) is 0 Å². The van der Waals surface area contributed by atoms with Crippen molar-refractivity contribution in [3.63, 3.8) is 0 Å². The molecule has 2 radical (unpaired) electrons. The van der Waals surface area contributed by atoms with Gasteiger partial charge in [0.1, 0.15) is 0 Å². The predicted octanol–water partition coefficient (Wildman–Crippen LogP) is 4.47. The van der Waals surface area contributed by atoms with Gasteiger partial charge in [-0.15, -0.1) is 0 Å². The van der Waals surface area contributed by atoms with Gasteiger partial charge in [-0.05, 0) is 0 Å². The van der Waals surface area contributed by atoms with Crippen LogP contribution in [0.1, 0.15) is 22.3 Å². The standard InChI is InChI=1S/C32H16GeN8/c1-2-10-18-17(9-1)25-34-26(18)37-30-23-15-7-8-16-24(23)32-39-28-20-12-4-3-11-19(20)27(35-28)38-31-22-14-6-5-13-21(22)29(36-25)40(31)33-41(30)32/h1-16H. The van der Waals surface area contributed by atoms with Crippen LogP contribution in [-0.4, -0.2) is 46.3 Å². The monoisotopic (exact) mass is 586 g/mol. The molecule has 0 unspecified atom stereocenters. The molecular formula is C32H16GeN8. The summed E-state index contributed by atoms with van der Waals surface area (Å²) in [5.74, 6) is 4.37. The van der Waals surface area contributed by atoms with E-state index in [0.717, 1.165) is 66.4 Å². The van der Waals surface area contributed by atoms with Gasteiger partial charge in [-0.3, -0.25) is 0 Å². The van der Waals surface area contributed by atoms with Gasteiger partial charge >= 0.3 is 240 Å². The van der Waals surface area contributed by atoms with E-state index < -0.39 is 15.9 Å². The van der Waals surface area contributed by atoms with E-state index in [1.54, 1.807) is 0 Å². The Morgan fingerprint density at radius 3 is 1.17 bits per heavy atom. The quantitative estimate of drug-likeness (QED) is 0.236. The third-order valence-electron chi connectivity index (χ3n) is 7.95. The number of nitrogens with zero attached hydrogens (tertiary/aromatic N) is 8. The molecule has 0 spiro atoms. The Kier molecular flexibility index (Phi) is 4.06. The maximum absolute atomic E-state index is 5.25. The summed E-state index contributed by atoms with van der Waals surface area (Å²) in [6.07, 6.45) is 0. The van der Waals surface area contributed by atoms with Crippen molar-refractivity contribution in [2.24, 2.45) is 30.0 Å². The molecule has 4 aromatic carbocycles. The second-order valence-electron chi connectivity index (χ2n) is 10.2. The second-order valence-corrected chi connectivity index (χ2v) is 12.5. The molecule has 6 aromatic rings. The van der Waals surface area contributed by atoms with Gasteiger partial charge in [0.2, 0.25) is 0 Å². The zero-order valence-electron chi connectivity index (χ0n) is 21.3. The van der Waals surface area contributed by atoms with Crippen LogP contribution >= 0.6 is 0 Å². The van der Waals surface area contributed by atoms with Crippen LogP contribution in [-0.2, 0) is 0 Å². The average Bonchev–Trinajstić information content (AvgIpc) is 3.72. The Hall–Kier alpha value is -5.22. The van der Waals surface area contributed by atoms with Gasteiger partial charge < -0.3 is 0 Å². The first-order valence-electron chi connectivity index (χ1n) is 13.3. The maximum atomic E-state index is 5.25. The second kappa shape index (κ2) is 7.70. The van der Waals surface area contributed by atoms with Crippen LogP contribution in [0.2, 0.25) is 0 Å². The molecular weight excluding hydrogens is 569 g/mol. The first kappa shape index (κ1) is 21.6. The van der Waals surface area contributed by atoms with Gasteiger partial charge in [0.05, 0.1) is 0 Å². The Morgan fingerprint density at radius 2 is 0.732 bits per heavy atom. The molecule has 6 heterocycles. The Bertz CT molecular complexity index is 2290. The van der Waals surface area contributed by atoms with Crippen LogP contribution in [0.3, 0.4) is 0 Å². The summed E-state index contributed by atoms with van der Waals surface area (Å²) >= 11 is -1.17. The number of aliphatic imine (C=N–C) groups is 4. The number of fused-ring (bicyclic) bond motifs is 14. The van der Waals surface area contributed by atoms with Crippen molar-refractivity contribution in [3.05, 3.63) is 130 Å². The minimum absolute atomic E-state index is 0.669. The fraction of sp³-hybridized carbons (Fsp3) is 0. The van der Waals surface area contributed by atoms with Crippen molar-refractivity contribution in [1.29, 1.82) is 0 Å². The predicted molar refractivity (Wildman–Crippen MR) is 161 cm³/mol. The van der Waals surface area contributed by atoms with Crippen LogP contribution in [0.15, 0.2) is 127 Å². The fourth-order valence-electron chi connectivity index (χ4n) is 6.09. The molecule has 0 aliphatic carbocycles. The summed E-state index contributed by atoms with van der Waals surface area (Å²) in [7, 11) is 0. The van der Waals surface area contributed by atoms with Gasteiger partial charge in [-0.25, -0.2) is 0 Å². The van der Waals surface area contributed by atoms with Crippen LogP contribution < -0.4 is 11.0 Å². The molecule has 10 rings (SSSR count). The van der Waals surface area contributed by atoms with Gasteiger partial charge in [-0.2, -0.15) is 0 Å². The van der Waals surface area contributed by atoms with E-state index in [4.69, 9.17) is 30.0 Å². The molecule has 9 heteroatoms. The molecule has 0 amide bonds. The van der Waals surface area contributed by atoms with Crippen LogP contribution in [0.25, 0.3) is 21.5 Å². The van der Waals surface area contributed by atoms with E-state index in [1.165, 1.54) is 0 Å². The molecule has 188 valence electrons. The van der Waals surface area contributed by atoms with Crippen LogP contribution in [0.4, 0.5) is 11.6 Å². The molecule has 0 saturated heterocycles. The number of rotatable bonds is 0. The summed E-state index contributed by atoms with van der Waals surface area (Å²) in [5.41, 5.74) is 5.62. The Morgan fingerprint density at radius 1 is 0.366 bits per heavy atom. The molecule has 4 aliphatic rings. The summed E-state index contributed by atoms with van der Waals surface area (Å²) < 4.78 is 4.56. The van der Waals surface area contributed by atoms with Gasteiger partial charge in [0, 0.05) is 0 Å². The van der Waals surface area contributed by atoms with Crippen molar-refractivity contribution >= 4 is 72.4 Å². The Balaban J connectivity index is 1.48. The minimum atomic E-state index is -1.17. The molecule has 2 aromatic heterocycles. The number of aromatic nitrogens is 2. The summed E-state index contributed by atoms with van der Waals surface area (Å²) in [5, 5.41) is 4.14. The third-order valence-corrected chi connectivity index (χ3v) is 10.6. The summed E-state index contributed by atoms with van der Waals surface area (Å²) in [6, 6.07) is 33.1. The topological polar surface area (TPSA) is 84.0 Å². The normalized spacial score (nSPS) is 15.7. The SMILES string of the molecule is c1ccc2c(c1)C1=NC2=Nc2c3ccccc3c3[n]2[Ge][n]2c(c4ccccc4c2=NC2=NC(=N3)c3ccccc32)=N1. The number of benzene rings is 4. The first-order chi connectivity index (χ1) is 20.3. The number of amidine groups is 4. The van der Waals surface area contributed by atoms with E-state index in [1.807, 2.05) is 24.3 Å². The summed E-state index contributed by atoms with van der Waals surface area (Å²) in [4.78, 5) is 31.0. The van der Waals surface area contributed by atoms with Gasteiger partial charge in [0.15, 0.2) is 0 Å². The van der Waals surface area contributed by atoms with Gasteiger partial charge in [-0.1, -0.05) is 0 Å². The number of hydrogen-bond acceptors (Lipinski definition) is 6. The third kappa shape index (κ3) is 2.84. The molecule has 4 aliphatic heterocycles. The Labute approximate surface area is 239 Å². The van der Waals surface area contributed by atoms with E-state index >= 15 is 0 Å². The van der Waals surface area contributed by atoms with E-state index in [9.17, 15) is 0 Å².